The van der Waals surface area contributed by atoms with Crippen molar-refractivity contribution in [3.05, 3.63) is 71.2 Å². The molecule has 0 N–H and O–H groups in total. The summed E-state index contributed by atoms with van der Waals surface area (Å²) < 4.78 is 18.9. The largest absolute Gasteiger partial charge is 0.497 e. The molecule has 0 unspecified atom stereocenters. The Morgan fingerprint density at radius 3 is 2.36 bits per heavy atom. The average molecular weight is 377 g/mol. The van der Waals surface area contributed by atoms with Gasteiger partial charge in [-0.2, -0.15) is 0 Å². The number of pyridine rings is 1. The van der Waals surface area contributed by atoms with Crippen LogP contribution >= 0.6 is 0 Å². The van der Waals surface area contributed by atoms with Gasteiger partial charge in [-0.05, 0) is 78.1 Å². The molecule has 0 fully saturated rings. The molecule has 0 radical (unpaired) electrons. The van der Waals surface area contributed by atoms with E-state index < -0.39 is 0 Å². The fourth-order valence-electron chi connectivity index (χ4n) is 3.41. The maximum atomic E-state index is 13.7. The molecule has 3 rings (SSSR count). The molecule has 3 aromatic rings. The molecule has 0 spiro atoms. The highest BCUT2D eigenvalue weighted by Crippen LogP contribution is 2.35. The summed E-state index contributed by atoms with van der Waals surface area (Å²) in [5.41, 5.74) is 5.87. The van der Waals surface area contributed by atoms with E-state index >= 15 is 0 Å². The van der Waals surface area contributed by atoms with E-state index in [0.29, 0.717) is 5.69 Å². The van der Waals surface area contributed by atoms with Crippen LogP contribution in [0.1, 0.15) is 41.9 Å². The summed E-state index contributed by atoms with van der Waals surface area (Å²) in [4.78, 5) is 16.9. The molecule has 3 nitrogen and oxygen atoms in total. The molecule has 2 aromatic carbocycles. The topological polar surface area (TPSA) is 39.2 Å². The van der Waals surface area contributed by atoms with Gasteiger partial charge in [0.05, 0.1) is 12.8 Å². The minimum atomic E-state index is -0.269. The van der Waals surface area contributed by atoms with Crippen LogP contribution in [0.15, 0.2) is 48.5 Å². The van der Waals surface area contributed by atoms with Crippen molar-refractivity contribution in [1.29, 1.82) is 0 Å². The van der Waals surface area contributed by atoms with Gasteiger partial charge >= 0.3 is 0 Å². The van der Waals surface area contributed by atoms with Crippen molar-refractivity contribution in [2.24, 2.45) is 0 Å². The number of hydrogen-bond donors (Lipinski definition) is 0. The third kappa shape index (κ3) is 3.96. The Kier molecular flexibility index (Phi) is 5.88. The predicted molar refractivity (Wildman–Crippen MR) is 110 cm³/mol. The number of rotatable bonds is 6. The van der Waals surface area contributed by atoms with E-state index in [9.17, 15) is 9.18 Å². The second-order valence-electron chi connectivity index (χ2n) is 6.88. The normalized spacial score (nSPS) is 10.8. The molecule has 0 aliphatic heterocycles. The molecule has 0 aliphatic rings. The first kappa shape index (κ1) is 19.7. The highest BCUT2D eigenvalue weighted by Gasteiger charge is 2.18. The Morgan fingerprint density at radius 2 is 1.79 bits per heavy atom. The zero-order valence-corrected chi connectivity index (χ0v) is 16.7. The summed E-state index contributed by atoms with van der Waals surface area (Å²) in [6.07, 6.45) is 1.73. The van der Waals surface area contributed by atoms with Crippen molar-refractivity contribution < 1.29 is 13.9 Å². The molecule has 1 heterocycles. The zero-order chi connectivity index (χ0) is 20.3. The Balaban J connectivity index is 2.31. The molecule has 0 saturated carbocycles. The summed E-state index contributed by atoms with van der Waals surface area (Å²) >= 11 is 0. The zero-order valence-electron chi connectivity index (χ0n) is 16.7. The maximum absolute atomic E-state index is 13.7. The molecule has 0 saturated heterocycles. The molecule has 144 valence electrons. The van der Waals surface area contributed by atoms with E-state index in [-0.39, 0.29) is 11.6 Å². The average Bonchev–Trinajstić information content (AvgIpc) is 2.68. The van der Waals surface area contributed by atoms with Crippen LogP contribution in [0.4, 0.5) is 4.39 Å². The summed E-state index contributed by atoms with van der Waals surface area (Å²) in [6, 6.07) is 14.3. The molecule has 0 bridgehead atoms. The lowest BCUT2D eigenvalue weighted by molar-refractivity contribution is 0.101. The number of methoxy groups -OCH3 is 1. The summed E-state index contributed by atoms with van der Waals surface area (Å²) in [6.45, 7) is 5.51. The number of hydrogen-bond acceptors (Lipinski definition) is 3. The van der Waals surface area contributed by atoms with Gasteiger partial charge in [0.25, 0.3) is 0 Å². The number of ketones is 1. The van der Waals surface area contributed by atoms with Crippen molar-refractivity contribution in [2.45, 2.75) is 33.6 Å². The van der Waals surface area contributed by atoms with E-state index in [4.69, 9.17) is 4.74 Å². The summed E-state index contributed by atoms with van der Waals surface area (Å²) in [5.74, 6) is 0.395. The molecular formula is C24H24FNO2. The molecule has 4 heteroatoms. The highest BCUT2D eigenvalue weighted by molar-refractivity contribution is 5.95. The first-order valence-corrected chi connectivity index (χ1v) is 9.40. The van der Waals surface area contributed by atoms with Gasteiger partial charge in [-0.15, -0.1) is 0 Å². The van der Waals surface area contributed by atoms with Gasteiger partial charge in [-0.25, -0.2) is 9.37 Å². The standard InChI is InChI=1S/C24H24FNO2/c1-5-6-21-22(20-12-9-18(25)13-15(20)2)14-23(16(3)27)26-24(21)17-7-10-19(28-4)11-8-17/h7-14H,5-6H2,1-4H3. The van der Waals surface area contributed by atoms with Crippen LogP contribution in [0.25, 0.3) is 22.4 Å². The Labute approximate surface area is 165 Å². The van der Waals surface area contributed by atoms with Gasteiger partial charge in [0.1, 0.15) is 17.3 Å². The monoisotopic (exact) mass is 377 g/mol. The quantitative estimate of drug-likeness (QED) is 0.493. The first-order chi connectivity index (χ1) is 13.4. The van der Waals surface area contributed by atoms with Crippen molar-refractivity contribution in [3.63, 3.8) is 0 Å². The van der Waals surface area contributed by atoms with Crippen LogP contribution in [0.2, 0.25) is 0 Å². The molecule has 0 atom stereocenters. The smallest absolute Gasteiger partial charge is 0.178 e. The van der Waals surface area contributed by atoms with Crippen LogP contribution in [0.3, 0.4) is 0 Å². The predicted octanol–water partition coefficient (Wildman–Crippen LogP) is 6.03. The van der Waals surface area contributed by atoms with Gasteiger partial charge in [0, 0.05) is 12.5 Å². The third-order valence-corrected chi connectivity index (χ3v) is 4.83. The van der Waals surface area contributed by atoms with Crippen molar-refractivity contribution >= 4 is 5.78 Å². The SMILES string of the molecule is CCCc1c(-c2ccc(F)cc2C)cc(C(C)=O)nc1-c1ccc(OC)cc1. The van der Waals surface area contributed by atoms with Crippen LogP contribution in [0.5, 0.6) is 5.75 Å². The van der Waals surface area contributed by atoms with Gasteiger partial charge in [0.15, 0.2) is 5.78 Å². The van der Waals surface area contributed by atoms with Gasteiger partial charge in [0.2, 0.25) is 0 Å². The molecule has 28 heavy (non-hydrogen) atoms. The number of aromatic nitrogens is 1. The summed E-state index contributed by atoms with van der Waals surface area (Å²) in [7, 11) is 1.63. The third-order valence-electron chi connectivity index (χ3n) is 4.83. The van der Waals surface area contributed by atoms with Crippen LogP contribution in [-0.4, -0.2) is 17.9 Å². The lowest BCUT2D eigenvalue weighted by atomic mass is 9.90. The molecular weight excluding hydrogens is 353 g/mol. The van der Waals surface area contributed by atoms with Crippen LogP contribution < -0.4 is 4.74 Å². The van der Waals surface area contributed by atoms with Crippen molar-refractivity contribution in [3.8, 4) is 28.1 Å². The van der Waals surface area contributed by atoms with Gasteiger partial charge in [-0.3, -0.25) is 4.79 Å². The van der Waals surface area contributed by atoms with E-state index in [0.717, 1.165) is 52.1 Å². The number of halogens is 1. The Bertz CT molecular complexity index is 1010. The van der Waals surface area contributed by atoms with Crippen molar-refractivity contribution in [2.75, 3.05) is 7.11 Å². The van der Waals surface area contributed by atoms with E-state index in [2.05, 4.69) is 11.9 Å². The molecule has 1 aromatic heterocycles. The summed E-state index contributed by atoms with van der Waals surface area (Å²) in [5, 5.41) is 0. The van der Waals surface area contributed by atoms with Gasteiger partial charge < -0.3 is 4.74 Å². The fraction of sp³-hybridized carbons (Fsp3) is 0.250. The number of carbonyl (C=O) groups excluding carboxylic acids is 1. The van der Waals surface area contributed by atoms with E-state index in [1.54, 1.807) is 13.2 Å². The van der Waals surface area contributed by atoms with E-state index in [1.165, 1.54) is 19.1 Å². The second-order valence-corrected chi connectivity index (χ2v) is 6.88. The molecule has 0 amide bonds. The lowest BCUT2D eigenvalue weighted by Gasteiger charge is -2.18. The minimum Gasteiger partial charge on any atom is -0.497 e. The first-order valence-electron chi connectivity index (χ1n) is 9.40. The number of ether oxygens (including phenoxy) is 1. The maximum Gasteiger partial charge on any atom is 0.178 e. The Morgan fingerprint density at radius 1 is 1.07 bits per heavy atom. The highest BCUT2D eigenvalue weighted by atomic mass is 19.1. The number of carbonyl (C=O) groups is 1. The fourth-order valence-corrected chi connectivity index (χ4v) is 3.41. The lowest BCUT2D eigenvalue weighted by Crippen LogP contribution is -2.05. The van der Waals surface area contributed by atoms with Crippen molar-refractivity contribution in [1.82, 2.24) is 4.98 Å². The second kappa shape index (κ2) is 8.34. The number of nitrogens with zero attached hydrogens (tertiary/aromatic N) is 1. The Hall–Kier alpha value is -3.01. The minimum absolute atomic E-state index is 0.0983. The van der Waals surface area contributed by atoms with E-state index in [1.807, 2.05) is 37.3 Å². The van der Waals surface area contributed by atoms with Crippen LogP contribution in [0, 0.1) is 12.7 Å². The number of Topliss-reactive ketones (excluding diaryl/α,β-unsaturated/α-hetero) is 1. The number of benzene rings is 2. The molecule has 0 aliphatic carbocycles. The van der Waals surface area contributed by atoms with Gasteiger partial charge in [-0.1, -0.05) is 19.4 Å². The number of aryl methyl sites for hydroxylation is 1. The van der Waals surface area contributed by atoms with Crippen LogP contribution in [-0.2, 0) is 6.42 Å².